The van der Waals surface area contributed by atoms with Crippen LogP contribution in [0.1, 0.15) is 19.3 Å². The van der Waals surface area contributed by atoms with Gasteiger partial charge in [-0.15, -0.1) is 0 Å². The largest absolute Gasteiger partial charge is 0.484 e. The summed E-state index contributed by atoms with van der Waals surface area (Å²) in [6.07, 6.45) is 2.86. The van der Waals surface area contributed by atoms with Gasteiger partial charge in [0.1, 0.15) is 11.6 Å². The molecule has 5 rings (SSSR count). The molecule has 2 bridgehead atoms. The molecule has 0 aromatic heterocycles. The fraction of sp³-hybridized carbons (Fsp3) is 0.562. The lowest BCUT2D eigenvalue weighted by Gasteiger charge is -2.71. The van der Waals surface area contributed by atoms with Crippen LogP contribution in [0.25, 0.3) is 0 Å². The fourth-order valence-corrected chi connectivity index (χ4v) is 4.74. The van der Waals surface area contributed by atoms with Crippen molar-refractivity contribution in [2.24, 2.45) is 0 Å². The Morgan fingerprint density at radius 1 is 1.40 bits per heavy atom. The zero-order valence-electron chi connectivity index (χ0n) is 13.5. The standard InChI is InChI=1S/C16H20ClFN4O2S/c17-12-2-1-11(3-13(12)18)24-6-14(23)21-16-7-15(8-16,9-16)19-4-10-5-20-25-22-10/h1-3,10,19-20,22H,4-9H2,(H,21,23). The van der Waals surface area contributed by atoms with Gasteiger partial charge >= 0.3 is 0 Å². The van der Waals surface area contributed by atoms with Crippen LogP contribution in [0, 0.1) is 5.82 Å². The van der Waals surface area contributed by atoms with E-state index in [2.05, 4.69) is 20.1 Å². The van der Waals surface area contributed by atoms with Crippen molar-refractivity contribution < 1.29 is 13.9 Å². The zero-order chi connectivity index (χ0) is 17.5. The van der Waals surface area contributed by atoms with Crippen LogP contribution >= 0.6 is 23.7 Å². The van der Waals surface area contributed by atoms with E-state index in [1.165, 1.54) is 12.1 Å². The summed E-state index contributed by atoms with van der Waals surface area (Å²) in [7, 11) is 0. The molecule has 9 heteroatoms. The summed E-state index contributed by atoms with van der Waals surface area (Å²) < 4.78 is 25.2. The predicted octanol–water partition coefficient (Wildman–Crippen LogP) is 1.36. The van der Waals surface area contributed by atoms with Gasteiger partial charge in [0.2, 0.25) is 0 Å². The highest BCUT2D eigenvalue weighted by Gasteiger charge is 2.68. The number of carbonyl (C=O) groups is 1. The SMILES string of the molecule is O=C(COc1ccc(Cl)c(F)c1)NC12CC(NCC3CNSN3)(C1)C2. The van der Waals surface area contributed by atoms with E-state index >= 15 is 0 Å². The van der Waals surface area contributed by atoms with Crippen LogP contribution in [0.15, 0.2) is 18.2 Å². The van der Waals surface area contributed by atoms with Crippen LogP contribution in [0.5, 0.6) is 5.75 Å². The number of benzene rings is 1. The van der Waals surface area contributed by atoms with Crippen molar-refractivity contribution in [3.63, 3.8) is 0 Å². The van der Waals surface area contributed by atoms with Crippen molar-refractivity contribution in [2.45, 2.75) is 36.4 Å². The number of amides is 1. The number of halogens is 2. The Labute approximate surface area is 154 Å². The molecule has 1 aromatic rings. The van der Waals surface area contributed by atoms with Gasteiger partial charge in [-0.2, -0.15) is 0 Å². The van der Waals surface area contributed by atoms with Crippen LogP contribution in [-0.2, 0) is 4.79 Å². The summed E-state index contributed by atoms with van der Waals surface area (Å²) in [6.45, 7) is 1.76. The molecule has 3 aliphatic carbocycles. The topological polar surface area (TPSA) is 74.4 Å². The van der Waals surface area contributed by atoms with E-state index in [1.807, 2.05) is 0 Å². The Balaban J connectivity index is 1.18. The predicted molar refractivity (Wildman–Crippen MR) is 94.9 cm³/mol. The third kappa shape index (κ3) is 3.59. The first-order chi connectivity index (χ1) is 12.0. The maximum atomic E-state index is 13.3. The molecule has 1 unspecified atom stereocenters. The molecule has 25 heavy (non-hydrogen) atoms. The first kappa shape index (κ1) is 17.4. The molecule has 4 N–H and O–H groups in total. The van der Waals surface area contributed by atoms with E-state index in [4.69, 9.17) is 16.3 Å². The second-order valence-electron chi connectivity index (χ2n) is 7.15. The smallest absolute Gasteiger partial charge is 0.258 e. The second-order valence-corrected chi connectivity index (χ2v) is 8.29. The number of carbonyl (C=O) groups excluding carboxylic acids is 1. The number of nitrogens with one attached hydrogen (secondary N) is 4. The number of hydrogen-bond acceptors (Lipinski definition) is 6. The minimum Gasteiger partial charge on any atom is -0.484 e. The average Bonchev–Trinajstić information content (AvgIpc) is 3.03. The molecular formula is C16H20ClFN4O2S. The summed E-state index contributed by atoms with van der Waals surface area (Å²) in [6, 6.07) is 4.58. The Bertz CT molecular complexity index is 666. The molecule has 1 aliphatic heterocycles. The first-order valence-corrected chi connectivity index (χ1v) is 9.45. The minimum absolute atomic E-state index is 0.0330. The van der Waals surface area contributed by atoms with Crippen LogP contribution in [0.3, 0.4) is 0 Å². The molecular weight excluding hydrogens is 367 g/mol. The highest BCUT2D eigenvalue weighted by molar-refractivity contribution is 7.95. The normalized spacial score (nSPS) is 32.6. The Morgan fingerprint density at radius 2 is 2.20 bits per heavy atom. The maximum absolute atomic E-state index is 13.3. The average molecular weight is 387 g/mol. The molecule has 1 heterocycles. The fourth-order valence-electron chi connectivity index (χ4n) is 3.92. The number of rotatable bonds is 7. The Morgan fingerprint density at radius 3 is 2.88 bits per heavy atom. The van der Waals surface area contributed by atoms with Gasteiger partial charge in [-0.3, -0.25) is 4.79 Å². The molecule has 1 atom stereocenters. The quantitative estimate of drug-likeness (QED) is 0.530. The molecule has 0 spiro atoms. The summed E-state index contributed by atoms with van der Waals surface area (Å²) >= 11 is 7.16. The highest BCUT2D eigenvalue weighted by Crippen LogP contribution is 2.60. The number of hydrogen-bond donors (Lipinski definition) is 4. The van der Waals surface area contributed by atoms with Gasteiger partial charge in [0.15, 0.2) is 6.61 Å². The Kier molecular flexibility index (Phi) is 4.57. The maximum Gasteiger partial charge on any atom is 0.258 e. The van der Waals surface area contributed by atoms with E-state index < -0.39 is 5.82 Å². The number of ether oxygens (including phenoxy) is 1. The minimum atomic E-state index is -0.558. The monoisotopic (exact) mass is 386 g/mol. The lowest BCUT2D eigenvalue weighted by atomic mass is 9.44. The molecule has 136 valence electrons. The van der Waals surface area contributed by atoms with Crippen LogP contribution in [0.4, 0.5) is 4.39 Å². The third-order valence-electron chi connectivity index (χ3n) is 5.05. The Hall–Kier alpha value is -1.06. The summed E-state index contributed by atoms with van der Waals surface area (Å²) in [5.74, 6) is -0.442. The van der Waals surface area contributed by atoms with Gasteiger partial charge in [0.25, 0.3) is 5.91 Å². The summed E-state index contributed by atoms with van der Waals surface area (Å²) in [4.78, 5) is 12.1. The van der Waals surface area contributed by atoms with Crippen molar-refractivity contribution in [3.8, 4) is 5.75 Å². The van der Waals surface area contributed by atoms with Crippen molar-refractivity contribution in [1.82, 2.24) is 20.1 Å². The van der Waals surface area contributed by atoms with Gasteiger partial charge < -0.3 is 15.4 Å². The van der Waals surface area contributed by atoms with Gasteiger partial charge in [-0.05, 0) is 31.4 Å². The molecule has 1 saturated heterocycles. The van der Waals surface area contributed by atoms with Crippen molar-refractivity contribution in [3.05, 3.63) is 29.0 Å². The first-order valence-electron chi connectivity index (χ1n) is 8.26. The van der Waals surface area contributed by atoms with Crippen LogP contribution < -0.4 is 24.8 Å². The lowest BCUT2D eigenvalue weighted by Crippen LogP contribution is -2.83. The van der Waals surface area contributed by atoms with Gasteiger partial charge in [0.05, 0.1) is 5.02 Å². The highest BCUT2D eigenvalue weighted by atomic mass is 35.5. The molecule has 6 nitrogen and oxygen atoms in total. The molecule has 1 aromatic carbocycles. The molecule has 3 saturated carbocycles. The summed E-state index contributed by atoms with van der Waals surface area (Å²) in [5.41, 5.74) is 0.0944. The van der Waals surface area contributed by atoms with Crippen molar-refractivity contribution in [1.29, 1.82) is 0 Å². The van der Waals surface area contributed by atoms with E-state index in [-0.39, 0.29) is 28.6 Å². The van der Waals surface area contributed by atoms with Crippen LogP contribution in [-0.4, -0.2) is 42.7 Å². The molecule has 4 fully saturated rings. The van der Waals surface area contributed by atoms with E-state index in [0.29, 0.717) is 11.8 Å². The second kappa shape index (κ2) is 6.59. The molecule has 4 aliphatic rings. The molecule has 1 amide bonds. The van der Waals surface area contributed by atoms with Gasteiger partial charge in [-0.25, -0.2) is 13.8 Å². The van der Waals surface area contributed by atoms with E-state index in [1.54, 1.807) is 18.2 Å². The van der Waals surface area contributed by atoms with E-state index in [0.717, 1.165) is 32.4 Å². The van der Waals surface area contributed by atoms with Gasteiger partial charge in [-0.1, -0.05) is 11.6 Å². The molecule has 0 radical (unpaired) electrons. The van der Waals surface area contributed by atoms with Crippen molar-refractivity contribution >= 4 is 29.6 Å². The summed E-state index contributed by atoms with van der Waals surface area (Å²) in [5, 5.41) is 6.70. The lowest BCUT2D eigenvalue weighted by molar-refractivity contribution is -0.143. The third-order valence-corrected chi connectivity index (χ3v) is 6.12. The van der Waals surface area contributed by atoms with Crippen molar-refractivity contribution in [2.75, 3.05) is 19.7 Å². The van der Waals surface area contributed by atoms with Crippen LogP contribution in [0.2, 0.25) is 5.02 Å². The zero-order valence-corrected chi connectivity index (χ0v) is 15.1. The van der Waals surface area contributed by atoms with E-state index in [9.17, 15) is 9.18 Å². The van der Waals surface area contributed by atoms with Gasteiger partial charge in [0, 0.05) is 48.4 Å².